The molecule has 2 aliphatic rings. The molecule has 0 amide bonds. The van der Waals surface area contributed by atoms with Crippen LogP contribution in [0.15, 0.2) is 35.9 Å². The van der Waals surface area contributed by atoms with Gasteiger partial charge in [-0.25, -0.2) is 0 Å². The van der Waals surface area contributed by atoms with Crippen molar-refractivity contribution in [3.8, 4) is 11.8 Å². The van der Waals surface area contributed by atoms with Gasteiger partial charge >= 0.3 is 0 Å². The summed E-state index contributed by atoms with van der Waals surface area (Å²) in [6.45, 7) is 4.54. The van der Waals surface area contributed by atoms with E-state index >= 15 is 0 Å². The minimum Gasteiger partial charge on any atom is -0.495 e. The van der Waals surface area contributed by atoms with E-state index < -0.39 is 0 Å². The Balaban J connectivity index is 1.88. The topological polar surface area (TPSA) is 33.0 Å². The Morgan fingerprint density at radius 2 is 1.92 bits per heavy atom. The molecule has 0 saturated heterocycles. The molecule has 0 radical (unpaired) electrons. The van der Waals surface area contributed by atoms with Crippen LogP contribution in [-0.2, 0) is 18.3 Å². The van der Waals surface area contributed by atoms with Crippen molar-refractivity contribution < 1.29 is 4.74 Å². The van der Waals surface area contributed by atoms with Crippen LogP contribution >= 0.6 is 11.6 Å². The van der Waals surface area contributed by atoms with Gasteiger partial charge in [0.2, 0.25) is 0 Å². The van der Waals surface area contributed by atoms with E-state index in [0.29, 0.717) is 5.02 Å². The maximum atomic E-state index is 9.17. The van der Waals surface area contributed by atoms with Gasteiger partial charge in [-0.05, 0) is 64.9 Å². The number of benzene rings is 2. The normalized spacial score (nSPS) is 17.0. The van der Waals surface area contributed by atoms with Gasteiger partial charge in [0.25, 0.3) is 0 Å². The third kappa shape index (κ3) is 2.01. The third-order valence-corrected chi connectivity index (χ3v) is 5.76. The maximum absolute atomic E-state index is 9.17. The van der Waals surface area contributed by atoms with Gasteiger partial charge in [-0.3, -0.25) is 0 Å². The van der Waals surface area contributed by atoms with Crippen LogP contribution in [0, 0.1) is 11.3 Å². The molecule has 0 aliphatic heterocycles. The van der Waals surface area contributed by atoms with E-state index in [0.717, 1.165) is 24.2 Å². The first-order valence-electron chi connectivity index (χ1n) is 8.08. The molecule has 0 N–H and O–H groups in total. The molecular formula is C21H18ClNO. The highest BCUT2D eigenvalue weighted by atomic mass is 35.5. The zero-order chi connectivity index (χ0) is 17.1. The zero-order valence-electron chi connectivity index (χ0n) is 14.0. The summed E-state index contributed by atoms with van der Waals surface area (Å²) in [5.74, 6) is 0.731. The van der Waals surface area contributed by atoms with Crippen molar-refractivity contribution in [2.75, 3.05) is 7.11 Å². The van der Waals surface area contributed by atoms with Gasteiger partial charge in [-0.2, -0.15) is 5.26 Å². The molecule has 0 aromatic heterocycles. The number of fused-ring (bicyclic) bond motifs is 3. The predicted molar refractivity (Wildman–Crippen MR) is 96.5 cm³/mol. The number of hydrogen-bond acceptors (Lipinski definition) is 2. The summed E-state index contributed by atoms with van der Waals surface area (Å²) in [6, 6.07) is 12.4. The fraction of sp³-hybridized carbons (Fsp3) is 0.286. The van der Waals surface area contributed by atoms with Crippen LogP contribution in [0.1, 0.15) is 41.7 Å². The minimum atomic E-state index is -0.0768. The first kappa shape index (κ1) is 15.3. The average molecular weight is 336 g/mol. The van der Waals surface area contributed by atoms with Gasteiger partial charge in [-0.15, -0.1) is 0 Å². The molecule has 24 heavy (non-hydrogen) atoms. The van der Waals surface area contributed by atoms with Crippen molar-refractivity contribution in [2.24, 2.45) is 0 Å². The zero-order valence-corrected chi connectivity index (χ0v) is 14.8. The van der Waals surface area contributed by atoms with Crippen molar-refractivity contribution in [2.45, 2.75) is 32.1 Å². The Hall–Kier alpha value is -2.24. The molecule has 2 aromatic rings. The number of allylic oxidation sites excluding steroid dienone is 2. The second kappa shape index (κ2) is 5.13. The van der Waals surface area contributed by atoms with Gasteiger partial charge in [-0.1, -0.05) is 37.1 Å². The molecule has 0 saturated carbocycles. The number of ether oxygens (including phenoxy) is 1. The Kier molecular flexibility index (Phi) is 3.27. The van der Waals surface area contributed by atoms with Crippen LogP contribution in [0.2, 0.25) is 5.02 Å². The number of hydrogen-bond donors (Lipinski definition) is 0. The molecule has 3 heteroatoms. The van der Waals surface area contributed by atoms with Crippen LogP contribution in [0.3, 0.4) is 0 Å². The summed E-state index contributed by atoms with van der Waals surface area (Å²) in [4.78, 5) is 0. The van der Waals surface area contributed by atoms with E-state index in [1.54, 1.807) is 7.11 Å². The lowest BCUT2D eigenvalue weighted by molar-refractivity contribution is 0.413. The van der Waals surface area contributed by atoms with Crippen molar-refractivity contribution in [1.29, 1.82) is 5.26 Å². The highest BCUT2D eigenvalue weighted by Crippen LogP contribution is 2.51. The number of rotatable bonds is 1. The highest BCUT2D eigenvalue weighted by Gasteiger charge is 2.39. The summed E-state index contributed by atoms with van der Waals surface area (Å²) in [5.41, 5.74) is 8.60. The van der Waals surface area contributed by atoms with E-state index in [9.17, 15) is 0 Å². The maximum Gasteiger partial charge on any atom is 0.137 e. The monoisotopic (exact) mass is 335 g/mol. The number of halogens is 1. The molecule has 0 heterocycles. The summed E-state index contributed by atoms with van der Waals surface area (Å²) < 4.78 is 5.42. The first-order valence-corrected chi connectivity index (χ1v) is 8.46. The molecule has 120 valence electrons. The minimum absolute atomic E-state index is 0.0768. The van der Waals surface area contributed by atoms with E-state index in [4.69, 9.17) is 21.6 Å². The van der Waals surface area contributed by atoms with Crippen LogP contribution in [0.4, 0.5) is 0 Å². The van der Waals surface area contributed by atoms with E-state index in [-0.39, 0.29) is 5.41 Å². The quantitative estimate of drug-likeness (QED) is 0.729. The van der Waals surface area contributed by atoms with E-state index in [2.05, 4.69) is 32.0 Å². The van der Waals surface area contributed by atoms with Gasteiger partial charge in [0.05, 0.1) is 23.8 Å². The summed E-state index contributed by atoms with van der Waals surface area (Å²) in [6.07, 6.45) is 1.80. The van der Waals surface area contributed by atoms with Crippen LogP contribution in [0.25, 0.3) is 5.57 Å². The van der Waals surface area contributed by atoms with Gasteiger partial charge in [0.15, 0.2) is 0 Å². The molecule has 0 atom stereocenters. The summed E-state index contributed by atoms with van der Waals surface area (Å²) in [5, 5.41) is 9.83. The van der Waals surface area contributed by atoms with E-state index in [1.807, 2.05) is 18.2 Å². The standard InChI is InChI=1S/C21H18ClNO/c1-21(2)17-10-20(24-3)19(22)9-14(17)7-16-15-5-4-12(11-23)6-13(15)8-18(16)21/h4-6,9-10H,7-8H2,1-3H3. The second-order valence-corrected chi connectivity index (χ2v) is 7.47. The van der Waals surface area contributed by atoms with Crippen molar-refractivity contribution in [3.63, 3.8) is 0 Å². The predicted octanol–water partition coefficient (Wildman–Crippen LogP) is 5.06. The Bertz CT molecular complexity index is 947. The lowest BCUT2D eigenvalue weighted by Gasteiger charge is -2.35. The fourth-order valence-electron chi connectivity index (χ4n) is 4.20. The molecular weight excluding hydrogens is 318 g/mol. The average Bonchev–Trinajstić information content (AvgIpc) is 2.93. The first-order chi connectivity index (χ1) is 11.5. The van der Waals surface area contributed by atoms with Crippen LogP contribution < -0.4 is 4.74 Å². The Labute approximate surface area is 147 Å². The van der Waals surface area contributed by atoms with Crippen LogP contribution in [-0.4, -0.2) is 7.11 Å². The molecule has 0 fully saturated rings. The summed E-state index contributed by atoms with van der Waals surface area (Å²) in [7, 11) is 1.66. The molecule has 0 bridgehead atoms. The SMILES string of the molecule is COc1cc2c(cc1Cl)CC1=C(Cc3cc(C#N)ccc31)C2(C)C. The smallest absolute Gasteiger partial charge is 0.137 e. The van der Waals surface area contributed by atoms with Gasteiger partial charge in [0, 0.05) is 5.41 Å². The molecule has 4 rings (SSSR count). The molecule has 0 spiro atoms. The molecule has 2 aliphatic carbocycles. The lowest BCUT2D eigenvalue weighted by atomic mass is 9.69. The number of nitrogens with zero attached hydrogens (tertiary/aromatic N) is 1. The van der Waals surface area contributed by atoms with Gasteiger partial charge in [0.1, 0.15) is 5.75 Å². The largest absolute Gasteiger partial charge is 0.495 e. The highest BCUT2D eigenvalue weighted by molar-refractivity contribution is 6.32. The van der Waals surface area contributed by atoms with E-state index in [1.165, 1.54) is 33.4 Å². The molecule has 2 nitrogen and oxygen atoms in total. The van der Waals surface area contributed by atoms with Crippen molar-refractivity contribution >= 4 is 17.2 Å². The molecule has 0 unspecified atom stereocenters. The Morgan fingerprint density at radius 1 is 1.12 bits per heavy atom. The lowest BCUT2D eigenvalue weighted by Crippen LogP contribution is -2.27. The second-order valence-electron chi connectivity index (χ2n) is 7.06. The van der Waals surface area contributed by atoms with Crippen molar-refractivity contribution in [1.82, 2.24) is 0 Å². The van der Waals surface area contributed by atoms with Crippen molar-refractivity contribution in [3.05, 3.63) is 68.7 Å². The van der Waals surface area contributed by atoms with Crippen LogP contribution in [0.5, 0.6) is 5.75 Å². The summed E-state index contributed by atoms with van der Waals surface area (Å²) >= 11 is 6.36. The fourth-order valence-corrected chi connectivity index (χ4v) is 4.46. The Morgan fingerprint density at radius 3 is 2.62 bits per heavy atom. The molecule has 2 aromatic carbocycles. The number of nitriles is 1. The van der Waals surface area contributed by atoms with Gasteiger partial charge < -0.3 is 4.74 Å². The third-order valence-electron chi connectivity index (χ3n) is 5.46. The number of methoxy groups -OCH3 is 1.